The molecule has 0 fully saturated rings. The van der Waals surface area contributed by atoms with E-state index in [1.807, 2.05) is 0 Å². The van der Waals surface area contributed by atoms with Gasteiger partial charge in [0, 0.05) is 12.2 Å². The molecule has 0 aromatic carbocycles. The monoisotopic (exact) mass is 114 g/mol. The van der Waals surface area contributed by atoms with Crippen LogP contribution in [0.2, 0.25) is 0 Å². The van der Waals surface area contributed by atoms with E-state index < -0.39 is 5.79 Å². The topological polar surface area (TPSA) is 49.7 Å². The number of rotatable bonds is 0. The molecule has 44 valence electrons. The smallest absolute Gasteiger partial charge is 0.209 e. The Morgan fingerprint density at radius 2 is 1.62 bits per heavy atom. The number of hydrogen-bond donors (Lipinski definition) is 2. The van der Waals surface area contributed by atoms with Crippen molar-refractivity contribution in [3.8, 4) is 0 Å². The van der Waals surface area contributed by atoms with Gasteiger partial charge in [0.25, 0.3) is 0 Å². The van der Waals surface area contributed by atoms with E-state index >= 15 is 0 Å². The van der Waals surface area contributed by atoms with Gasteiger partial charge in [-0.3, -0.25) is 0 Å². The van der Waals surface area contributed by atoms with E-state index in [0.29, 0.717) is 0 Å². The molecular formula is C5H6O3. The Bertz CT molecular complexity index is 121. The first-order valence-electron chi connectivity index (χ1n) is 2.16. The molecule has 0 saturated carbocycles. The van der Waals surface area contributed by atoms with Crippen molar-refractivity contribution in [2.24, 2.45) is 0 Å². The van der Waals surface area contributed by atoms with Crippen LogP contribution < -0.4 is 0 Å². The van der Waals surface area contributed by atoms with Crippen LogP contribution in [-0.2, 0) is 4.74 Å². The van der Waals surface area contributed by atoms with Crippen molar-refractivity contribution < 1.29 is 14.9 Å². The van der Waals surface area contributed by atoms with Crippen LogP contribution >= 0.6 is 0 Å². The molecule has 1 aliphatic rings. The lowest BCUT2D eigenvalue weighted by Gasteiger charge is -2.13. The van der Waals surface area contributed by atoms with Crippen molar-refractivity contribution in [2.45, 2.75) is 5.79 Å². The highest BCUT2D eigenvalue weighted by atomic mass is 16.5. The number of hydrogen-bond acceptors (Lipinski definition) is 3. The molecule has 0 saturated heterocycles. The Hall–Kier alpha value is -0.800. The zero-order valence-electron chi connectivity index (χ0n) is 4.11. The lowest BCUT2D eigenvalue weighted by molar-refractivity contribution is -0.0794. The van der Waals surface area contributed by atoms with Gasteiger partial charge < -0.3 is 14.9 Å². The molecule has 1 aliphatic heterocycles. The fourth-order valence-electron chi connectivity index (χ4n) is 0.380. The van der Waals surface area contributed by atoms with Gasteiger partial charge in [0.1, 0.15) is 0 Å². The maximum atomic E-state index is 8.68. The van der Waals surface area contributed by atoms with Gasteiger partial charge in [-0.25, -0.2) is 0 Å². The Balaban J connectivity index is 2.69. The van der Waals surface area contributed by atoms with E-state index in [2.05, 4.69) is 4.74 Å². The van der Waals surface area contributed by atoms with Gasteiger partial charge in [-0.1, -0.05) is 0 Å². The molecule has 0 radical (unpaired) electrons. The number of aliphatic hydroxyl groups is 2. The van der Waals surface area contributed by atoms with Gasteiger partial charge >= 0.3 is 0 Å². The van der Waals surface area contributed by atoms with Crippen molar-refractivity contribution in [1.29, 1.82) is 0 Å². The van der Waals surface area contributed by atoms with Crippen LogP contribution in [0.25, 0.3) is 0 Å². The molecule has 3 heteroatoms. The van der Waals surface area contributed by atoms with Crippen LogP contribution in [-0.4, -0.2) is 16.0 Å². The maximum Gasteiger partial charge on any atom is 0.209 e. The van der Waals surface area contributed by atoms with Crippen molar-refractivity contribution in [3.63, 3.8) is 0 Å². The molecule has 0 bridgehead atoms. The minimum absolute atomic E-state index is 1.13. The zero-order valence-corrected chi connectivity index (χ0v) is 4.11. The first kappa shape index (κ1) is 5.34. The molecule has 0 amide bonds. The second-order valence-electron chi connectivity index (χ2n) is 1.52. The summed E-state index contributed by atoms with van der Waals surface area (Å²) in [5.74, 6) is -1.81. The molecule has 2 N–H and O–H groups in total. The third-order valence-electron chi connectivity index (χ3n) is 0.784. The van der Waals surface area contributed by atoms with Crippen molar-refractivity contribution in [3.05, 3.63) is 24.7 Å². The lowest BCUT2D eigenvalue weighted by atomic mass is 10.2. The molecule has 8 heavy (non-hydrogen) atoms. The highest BCUT2D eigenvalue weighted by Gasteiger charge is 2.15. The zero-order chi connectivity index (χ0) is 6.04. The molecule has 1 heterocycles. The molecule has 0 atom stereocenters. The summed E-state index contributed by atoms with van der Waals surface area (Å²) in [4.78, 5) is 0. The Morgan fingerprint density at radius 3 is 1.88 bits per heavy atom. The average Bonchev–Trinajstić information content (AvgIpc) is 1.65. The van der Waals surface area contributed by atoms with E-state index in [-0.39, 0.29) is 0 Å². The third-order valence-corrected chi connectivity index (χ3v) is 0.784. The second kappa shape index (κ2) is 1.61. The van der Waals surface area contributed by atoms with E-state index in [9.17, 15) is 0 Å². The molecule has 0 unspecified atom stereocenters. The lowest BCUT2D eigenvalue weighted by Crippen LogP contribution is -2.22. The third kappa shape index (κ3) is 1.08. The van der Waals surface area contributed by atoms with E-state index in [1.54, 1.807) is 0 Å². The quantitative estimate of drug-likeness (QED) is 0.426. The average molecular weight is 114 g/mol. The standard InChI is InChI=1S/C5H6O3/c6-5(7)1-3-8-4-2-5/h1-4,6-7H. The van der Waals surface area contributed by atoms with Crippen LogP contribution in [0.5, 0.6) is 0 Å². The minimum atomic E-state index is -1.81. The van der Waals surface area contributed by atoms with Crippen LogP contribution in [0, 0.1) is 0 Å². The molecule has 0 aliphatic carbocycles. The van der Waals surface area contributed by atoms with Gasteiger partial charge in [-0.15, -0.1) is 0 Å². The molecule has 0 aromatic heterocycles. The fraction of sp³-hybridized carbons (Fsp3) is 0.200. The highest BCUT2D eigenvalue weighted by molar-refractivity contribution is 5.07. The molecule has 1 rings (SSSR count). The van der Waals surface area contributed by atoms with Crippen molar-refractivity contribution in [1.82, 2.24) is 0 Å². The Kier molecular flexibility index (Phi) is 1.08. The van der Waals surface area contributed by atoms with Gasteiger partial charge in [-0.05, 0) is 0 Å². The highest BCUT2D eigenvalue weighted by Crippen LogP contribution is 2.07. The van der Waals surface area contributed by atoms with E-state index in [1.165, 1.54) is 12.5 Å². The summed E-state index contributed by atoms with van der Waals surface area (Å²) in [6.45, 7) is 0. The molecule has 0 aromatic rings. The van der Waals surface area contributed by atoms with Gasteiger partial charge in [-0.2, -0.15) is 0 Å². The Morgan fingerprint density at radius 1 is 1.12 bits per heavy atom. The van der Waals surface area contributed by atoms with Gasteiger partial charge in [0.15, 0.2) is 0 Å². The molecule has 0 spiro atoms. The SMILES string of the molecule is OC1(O)C=COC=C1. The van der Waals surface area contributed by atoms with E-state index in [4.69, 9.17) is 10.2 Å². The van der Waals surface area contributed by atoms with Crippen molar-refractivity contribution in [2.75, 3.05) is 0 Å². The summed E-state index contributed by atoms with van der Waals surface area (Å²) in [5, 5.41) is 17.4. The maximum absolute atomic E-state index is 8.68. The first-order valence-corrected chi connectivity index (χ1v) is 2.16. The summed E-state index contributed by atoms with van der Waals surface area (Å²) in [6, 6.07) is 0. The summed E-state index contributed by atoms with van der Waals surface area (Å²) in [7, 11) is 0. The molecule has 3 nitrogen and oxygen atoms in total. The normalized spacial score (nSPS) is 22.8. The summed E-state index contributed by atoms with van der Waals surface area (Å²) in [6.07, 6.45) is 4.68. The van der Waals surface area contributed by atoms with E-state index in [0.717, 1.165) is 12.2 Å². The van der Waals surface area contributed by atoms with Crippen molar-refractivity contribution >= 4 is 0 Å². The summed E-state index contributed by atoms with van der Waals surface area (Å²) < 4.78 is 4.52. The van der Waals surface area contributed by atoms with Crippen LogP contribution in [0.15, 0.2) is 24.7 Å². The second-order valence-corrected chi connectivity index (χ2v) is 1.52. The Labute approximate surface area is 46.5 Å². The van der Waals surface area contributed by atoms with Crippen LogP contribution in [0.1, 0.15) is 0 Å². The fourth-order valence-corrected chi connectivity index (χ4v) is 0.380. The predicted molar refractivity (Wildman–Crippen MR) is 26.5 cm³/mol. The first-order chi connectivity index (χ1) is 3.71. The molecular weight excluding hydrogens is 108 g/mol. The largest absolute Gasteiger partial charge is 0.473 e. The van der Waals surface area contributed by atoms with Gasteiger partial charge in [0.05, 0.1) is 12.5 Å². The van der Waals surface area contributed by atoms with Gasteiger partial charge in [0.2, 0.25) is 5.79 Å². The summed E-state index contributed by atoms with van der Waals surface area (Å²) >= 11 is 0. The van der Waals surface area contributed by atoms with Crippen LogP contribution in [0.3, 0.4) is 0 Å². The van der Waals surface area contributed by atoms with Crippen LogP contribution in [0.4, 0.5) is 0 Å². The minimum Gasteiger partial charge on any atom is -0.473 e. The summed E-state index contributed by atoms with van der Waals surface area (Å²) in [5.41, 5.74) is 0. The predicted octanol–water partition coefficient (Wildman–Crippen LogP) is -0.275. The number of ether oxygens (including phenoxy) is 1.